The Hall–Kier alpha value is -1.09. The monoisotopic (exact) mass is 191 g/mol. The molecule has 13 heavy (non-hydrogen) atoms. The van der Waals surface area contributed by atoms with Crippen LogP contribution in [0, 0.1) is 6.92 Å². The van der Waals surface area contributed by atoms with E-state index in [2.05, 4.69) is 11.9 Å². The average Bonchev–Trinajstić information content (AvgIpc) is 2.65. The van der Waals surface area contributed by atoms with Gasteiger partial charge in [0.25, 0.3) is 0 Å². The fraction of sp³-hybridized carbons (Fsp3) is 0.300. The Morgan fingerprint density at radius 3 is 3.31 bits per heavy atom. The van der Waals surface area contributed by atoms with Crippen LogP contribution in [-0.4, -0.2) is 4.98 Å². The number of nitrogens with zero attached hydrogens (tertiary/aromatic N) is 1. The summed E-state index contributed by atoms with van der Waals surface area (Å²) in [6.45, 7) is 2.06. The van der Waals surface area contributed by atoms with Crippen molar-refractivity contribution in [2.24, 2.45) is 0 Å². The molecule has 1 aliphatic carbocycles. The first-order chi connectivity index (χ1) is 6.34. The first-order valence-electron chi connectivity index (χ1n) is 4.37. The van der Waals surface area contributed by atoms with Crippen LogP contribution < -0.4 is 0 Å². The molecule has 66 valence electrons. The topological polar surface area (TPSA) is 26.0 Å². The third-order valence-corrected chi connectivity index (χ3v) is 3.41. The first kappa shape index (κ1) is 7.33. The van der Waals surface area contributed by atoms with Crippen molar-refractivity contribution >= 4 is 11.3 Å². The molecule has 0 fully saturated rings. The zero-order chi connectivity index (χ0) is 8.84. The van der Waals surface area contributed by atoms with E-state index in [4.69, 9.17) is 4.42 Å². The average molecular weight is 191 g/mol. The van der Waals surface area contributed by atoms with Gasteiger partial charge in [-0.15, -0.1) is 11.3 Å². The van der Waals surface area contributed by atoms with Gasteiger partial charge in [-0.25, -0.2) is 4.98 Å². The lowest BCUT2D eigenvalue weighted by molar-refractivity contribution is 0.508. The maximum atomic E-state index is 5.39. The minimum atomic E-state index is 1.02. The summed E-state index contributed by atoms with van der Waals surface area (Å²) in [5.41, 5.74) is 2.35. The van der Waals surface area contributed by atoms with Crippen LogP contribution in [0.4, 0.5) is 0 Å². The summed E-state index contributed by atoms with van der Waals surface area (Å²) in [5.74, 6) is 1.10. The van der Waals surface area contributed by atoms with Gasteiger partial charge in [-0.05, 0) is 19.4 Å². The van der Waals surface area contributed by atoms with Crippen LogP contribution in [0.3, 0.4) is 0 Å². The molecule has 3 heteroatoms. The van der Waals surface area contributed by atoms with E-state index < -0.39 is 0 Å². The van der Waals surface area contributed by atoms with Crippen molar-refractivity contribution in [3.8, 4) is 11.3 Å². The van der Waals surface area contributed by atoms with E-state index >= 15 is 0 Å². The van der Waals surface area contributed by atoms with Crippen LogP contribution in [0.1, 0.15) is 15.6 Å². The summed E-state index contributed by atoms with van der Waals surface area (Å²) in [6.07, 6.45) is 3.87. The van der Waals surface area contributed by atoms with Gasteiger partial charge in [-0.2, -0.15) is 0 Å². The Balaban J connectivity index is 2.29. The number of hydrogen-bond donors (Lipinski definition) is 0. The smallest absolute Gasteiger partial charge is 0.113 e. The Labute approximate surface area is 80.2 Å². The number of aromatic nitrogens is 1. The Bertz CT molecular complexity index is 455. The molecule has 0 N–H and O–H groups in total. The molecule has 2 heterocycles. The molecule has 0 radical (unpaired) electrons. The highest BCUT2D eigenvalue weighted by molar-refractivity contribution is 7.12. The van der Waals surface area contributed by atoms with Crippen molar-refractivity contribution in [2.75, 3.05) is 0 Å². The highest BCUT2D eigenvalue weighted by Gasteiger charge is 2.21. The fourth-order valence-electron chi connectivity index (χ4n) is 1.82. The Kier molecular flexibility index (Phi) is 1.38. The van der Waals surface area contributed by atoms with Gasteiger partial charge in [0.1, 0.15) is 5.76 Å². The quantitative estimate of drug-likeness (QED) is 0.640. The number of thiazole rings is 1. The highest BCUT2D eigenvalue weighted by atomic mass is 32.1. The molecule has 0 aliphatic heterocycles. The summed E-state index contributed by atoms with van der Waals surface area (Å²) in [6, 6.07) is 2.02. The highest BCUT2D eigenvalue weighted by Crippen LogP contribution is 2.36. The van der Waals surface area contributed by atoms with E-state index in [0.717, 1.165) is 29.3 Å². The number of fused-ring (bicyclic) bond motifs is 3. The van der Waals surface area contributed by atoms with Crippen molar-refractivity contribution in [3.05, 3.63) is 28.0 Å². The van der Waals surface area contributed by atoms with Crippen LogP contribution in [-0.2, 0) is 12.8 Å². The predicted octanol–water partition coefficient (Wildman–Crippen LogP) is 2.81. The number of furan rings is 1. The first-order valence-corrected chi connectivity index (χ1v) is 5.19. The van der Waals surface area contributed by atoms with Gasteiger partial charge in [0.05, 0.1) is 17.0 Å². The molecule has 0 saturated heterocycles. The molecule has 0 atom stereocenters. The van der Waals surface area contributed by atoms with Crippen molar-refractivity contribution < 1.29 is 4.42 Å². The molecule has 0 saturated carbocycles. The maximum absolute atomic E-state index is 5.39. The van der Waals surface area contributed by atoms with Crippen LogP contribution in [0.15, 0.2) is 16.7 Å². The van der Waals surface area contributed by atoms with Crippen LogP contribution >= 0.6 is 11.3 Å². The summed E-state index contributed by atoms with van der Waals surface area (Å²) in [5, 5.41) is 1.15. The van der Waals surface area contributed by atoms with E-state index in [9.17, 15) is 0 Å². The Morgan fingerprint density at radius 2 is 2.38 bits per heavy atom. The van der Waals surface area contributed by atoms with E-state index in [1.807, 2.05) is 6.07 Å². The fourth-order valence-corrected chi connectivity index (χ4v) is 2.77. The second-order valence-corrected chi connectivity index (χ2v) is 4.55. The molecule has 2 aromatic heterocycles. The zero-order valence-corrected chi connectivity index (χ0v) is 8.15. The number of hydrogen-bond acceptors (Lipinski definition) is 3. The minimum absolute atomic E-state index is 1.02. The molecule has 0 amide bonds. The summed E-state index contributed by atoms with van der Waals surface area (Å²) < 4.78 is 5.39. The van der Waals surface area contributed by atoms with Crippen molar-refractivity contribution in [3.63, 3.8) is 0 Å². The van der Waals surface area contributed by atoms with Crippen LogP contribution in [0.5, 0.6) is 0 Å². The maximum Gasteiger partial charge on any atom is 0.113 e. The van der Waals surface area contributed by atoms with Gasteiger partial charge in [0.2, 0.25) is 0 Å². The third-order valence-electron chi connectivity index (χ3n) is 2.38. The van der Waals surface area contributed by atoms with Gasteiger partial charge < -0.3 is 4.42 Å². The molecule has 2 aromatic rings. The van der Waals surface area contributed by atoms with Gasteiger partial charge in [-0.3, -0.25) is 0 Å². The lowest BCUT2D eigenvalue weighted by atomic mass is 10.0. The molecule has 0 unspecified atom stereocenters. The third kappa shape index (κ3) is 0.968. The molecule has 2 nitrogen and oxygen atoms in total. The molecule has 3 rings (SSSR count). The summed E-state index contributed by atoms with van der Waals surface area (Å²) in [4.78, 5) is 5.93. The predicted molar refractivity (Wildman–Crippen MR) is 52.0 cm³/mol. The number of rotatable bonds is 0. The molecule has 0 bridgehead atoms. The summed E-state index contributed by atoms with van der Waals surface area (Å²) >= 11 is 1.80. The lowest BCUT2D eigenvalue weighted by Crippen LogP contribution is -1.98. The summed E-state index contributed by atoms with van der Waals surface area (Å²) in [7, 11) is 0. The van der Waals surface area contributed by atoms with E-state index in [-0.39, 0.29) is 0 Å². The zero-order valence-electron chi connectivity index (χ0n) is 7.33. The standard InChI is InChI=1S/C10H9NOS/c1-6-11-10-7-4-5-12-8(7)2-3-9(10)13-6/h4-5H,2-3H2,1H3. The van der Waals surface area contributed by atoms with Crippen LogP contribution in [0.25, 0.3) is 11.3 Å². The van der Waals surface area contributed by atoms with Gasteiger partial charge in [-0.1, -0.05) is 0 Å². The van der Waals surface area contributed by atoms with Gasteiger partial charge >= 0.3 is 0 Å². The van der Waals surface area contributed by atoms with Crippen molar-refractivity contribution in [1.29, 1.82) is 0 Å². The van der Waals surface area contributed by atoms with E-state index in [0.29, 0.717) is 0 Å². The molecule has 0 spiro atoms. The van der Waals surface area contributed by atoms with Gasteiger partial charge in [0.15, 0.2) is 0 Å². The largest absolute Gasteiger partial charge is 0.469 e. The lowest BCUT2D eigenvalue weighted by Gasteiger charge is -2.07. The van der Waals surface area contributed by atoms with E-state index in [1.165, 1.54) is 10.4 Å². The number of aryl methyl sites for hydroxylation is 3. The second-order valence-electron chi connectivity index (χ2n) is 3.26. The molecular weight excluding hydrogens is 182 g/mol. The Morgan fingerprint density at radius 1 is 1.46 bits per heavy atom. The van der Waals surface area contributed by atoms with Crippen molar-refractivity contribution in [2.45, 2.75) is 19.8 Å². The van der Waals surface area contributed by atoms with Crippen molar-refractivity contribution in [1.82, 2.24) is 4.98 Å². The minimum Gasteiger partial charge on any atom is -0.469 e. The SMILES string of the molecule is Cc1nc2c(s1)CCc1occc1-2. The van der Waals surface area contributed by atoms with E-state index in [1.54, 1.807) is 17.6 Å². The molecule has 0 aromatic carbocycles. The normalized spacial score (nSPS) is 13.9. The molecular formula is C10H9NOS. The van der Waals surface area contributed by atoms with Crippen LogP contribution in [0.2, 0.25) is 0 Å². The molecule has 1 aliphatic rings. The van der Waals surface area contributed by atoms with Gasteiger partial charge in [0, 0.05) is 16.9 Å². The second kappa shape index (κ2) is 2.45.